The highest BCUT2D eigenvalue weighted by molar-refractivity contribution is 5.93. The Hall–Kier alpha value is -3.42. The van der Waals surface area contributed by atoms with E-state index in [1.807, 2.05) is 38.1 Å². The number of benzene rings is 1. The van der Waals surface area contributed by atoms with Gasteiger partial charge in [-0.3, -0.25) is 4.79 Å². The quantitative estimate of drug-likeness (QED) is 0.669. The highest BCUT2D eigenvalue weighted by atomic mass is 16.5. The van der Waals surface area contributed by atoms with Gasteiger partial charge in [0.1, 0.15) is 5.75 Å². The third-order valence-corrected chi connectivity index (χ3v) is 4.34. The number of amides is 1. The summed E-state index contributed by atoms with van der Waals surface area (Å²) in [5.74, 6) is 1.07. The molecule has 0 saturated heterocycles. The Kier molecular flexibility index (Phi) is 6.05. The molecule has 158 valence electrons. The van der Waals surface area contributed by atoms with Crippen molar-refractivity contribution in [3.63, 3.8) is 0 Å². The van der Waals surface area contributed by atoms with E-state index in [4.69, 9.17) is 9.47 Å². The summed E-state index contributed by atoms with van der Waals surface area (Å²) in [6.45, 7) is 9.76. The van der Waals surface area contributed by atoms with Crippen molar-refractivity contribution in [2.75, 3.05) is 19.0 Å². The number of nitrogens with one attached hydrogen (secondary N) is 1. The minimum Gasteiger partial charge on any atom is -0.495 e. The fourth-order valence-electron chi connectivity index (χ4n) is 2.85. The average Bonchev–Trinajstić information content (AvgIpc) is 3.11. The third kappa shape index (κ3) is 4.94. The van der Waals surface area contributed by atoms with Crippen molar-refractivity contribution in [1.29, 1.82) is 0 Å². The number of carbonyl (C=O) groups is 1. The van der Waals surface area contributed by atoms with Crippen molar-refractivity contribution in [3.8, 4) is 17.6 Å². The van der Waals surface area contributed by atoms with Crippen LogP contribution < -0.4 is 14.8 Å². The van der Waals surface area contributed by atoms with E-state index in [9.17, 15) is 4.79 Å². The number of carbonyl (C=O) groups excluding carboxylic acids is 1. The van der Waals surface area contributed by atoms with Crippen molar-refractivity contribution in [2.45, 2.75) is 40.0 Å². The van der Waals surface area contributed by atoms with Crippen LogP contribution in [0.1, 0.15) is 37.9 Å². The summed E-state index contributed by atoms with van der Waals surface area (Å²) < 4.78 is 12.6. The van der Waals surface area contributed by atoms with Crippen molar-refractivity contribution in [3.05, 3.63) is 53.5 Å². The van der Waals surface area contributed by atoms with E-state index in [-0.39, 0.29) is 17.9 Å². The summed E-state index contributed by atoms with van der Waals surface area (Å²) in [7, 11) is 1.55. The summed E-state index contributed by atoms with van der Waals surface area (Å²) in [5.41, 5.74) is 2.83. The molecule has 0 radical (unpaired) electrons. The number of hydrogen-bond donors (Lipinski definition) is 1. The summed E-state index contributed by atoms with van der Waals surface area (Å²) in [4.78, 5) is 21.4. The van der Waals surface area contributed by atoms with Gasteiger partial charge in [0.15, 0.2) is 6.61 Å². The molecule has 8 heteroatoms. The Balaban J connectivity index is 1.84. The normalized spacial score (nSPS) is 11.3. The smallest absolute Gasteiger partial charge is 0.262 e. The average molecular weight is 409 g/mol. The molecule has 1 aromatic carbocycles. The number of para-hydroxylation sites is 2. The molecule has 3 rings (SSSR count). The van der Waals surface area contributed by atoms with E-state index in [2.05, 4.69) is 41.2 Å². The zero-order valence-electron chi connectivity index (χ0n) is 18.2. The summed E-state index contributed by atoms with van der Waals surface area (Å²) >= 11 is 0. The predicted molar refractivity (Wildman–Crippen MR) is 114 cm³/mol. The Morgan fingerprint density at radius 2 is 1.77 bits per heavy atom. The lowest BCUT2D eigenvalue weighted by molar-refractivity contribution is -0.118. The number of nitrogens with zero attached hydrogens (tertiary/aromatic N) is 4. The van der Waals surface area contributed by atoms with Gasteiger partial charge in [0.2, 0.25) is 5.88 Å². The van der Waals surface area contributed by atoms with Crippen molar-refractivity contribution in [2.24, 2.45) is 0 Å². The molecule has 3 aromatic rings. The minimum atomic E-state index is -0.314. The summed E-state index contributed by atoms with van der Waals surface area (Å²) in [6.07, 6.45) is 0. The number of hydrogen-bond acceptors (Lipinski definition) is 6. The Morgan fingerprint density at radius 1 is 1.10 bits per heavy atom. The lowest BCUT2D eigenvalue weighted by atomic mass is 9.93. The zero-order valence-corrected chi connectivity index (χ0v) is 18.2. The Morgan fingerprint density at radius 3 is 2.40 bits per heavy atom. The second-order valence-electron chi connectivity index (χ2n) is 8.02. The van der Waals surface area contributed by atoms with Gasteiger partial charge in [0, 0.05) is 22.9 Å². The van der Waals surface area contributed by atoms with E-state index in [0.717, 1.165) is 17.1 Å². The molecular weight excluding hydrogens is 382 g/mol. The number of anilines is 1. The number of methoxy groups -OCH3 is 1. The molecule has 0 fully saturated rings. The first-order valence-electron chi connectivity index (χ1n) is 9.66. The van der Waals surface area contributed by atoms with Crippen LogP contribution in [0.2, 0.25) is 0 Å². The van der Waals surface area contributed by atoms with E-state index in [1.165, 1.54) is 4.68 Å². The SMILES string of the molecule is COc1ccccc1NC(=O)COc1cc(C(C)(C)C)nn1-c1nc(C)cc(C)n1. The molecule has 0 bridgehead atoms. The van der Waals surface area contributed by atoms with Gasteiger partial charge in [-0.05, 0) is 32.0 Å². The molecule has 0 aliphatic rings. The molecule has 30 heavy (non-hydrogen) atoms. The largest absolute Gasteiger partial charge is 0.495 e. The van der Waals surface area contributed by atoms with E-state index in [1.54, 1.807) is 19.2 Å². The van der Waals surface area contributed by atoms with Gasteiger partial charge in [-0.2, -0.15) is 9.78 Å². The van der Waals surface area contributed by atoms with Crippen LogP contribution in [0.4, 0.5) is 5.69 Å². The fraction of sp³-hybridized carbons (Fsp3) is 0.364. The summed E-state index contributed by atoms with van der Waals surface area (Å²) in [5, 5.41) is 7.43. The number of aryl methyl sites for hydroxylation is 2. The standard InChI is InChI=1S/C22H27N5O3/c1-14-11-15(2)24-21(23-14)27-20(12-18(26-27)22(3,4)5)30-13-19(28)25-16-9-7-8-10-17(16)29-6/h7-12H,13H2,1-6H3,(H,25,28). The lowest BCUT2D eigenvalue weighted by Crippen LogP contribution is -2.21. The monoisotopic (exact) mass is 409 g/mol. The first-order valence-corrected chi connectivity index (χ1v) is 9.66. The molecule has 0 unspecified atom stereocenters. The highest BCUT2D eigenvalue weighted by Gasteiger charge is 2.23. The molecule has 2 aromatic heterocycles. The number of ether oxygens (including phenoxy) is 2. The van der Waals surface area contributed by atoms with Crippen LogP contribution in [0.15, 0.2) is 36.4 Å². The molecule has 2 heterocycles. The van der Waals surface area contributed by atoms with Gasteiger partial charge in [0.25, 0.3) is 11.9 Å². The first-order chi connectivity index (χ1) is 14.2. The van der Waals surface area contributed by atoms with Crippen LogP contribution >= 0.6 is 0 Å². The molecule has 0 spiro atoms. The van der Waals surface area contributed by atoms with Crippen LogP contribution in [0.5, 0.6) is 11.6 Å². The van der Waals surface area contributed by atoms with E-state index in [0.29, 0.717) is 23.3 Å². The maximum absolute atomic E-state index is 12.5. The second-order valence-corrected chi connectivity index (χ2v) is 8.02. The topological polar surface area (TPSA) is 91.2 Å². The van der Waals surface area contributed by atoms with Gasteiger partial charge < -0.3 is 14.8 Å². The molecule has 0 aliphatic heterocycles. The van der Waals surface area contributed by atoms with Gasteiger partial charge >= 0.3 is 0 Å². The fourth-order valence-corrected chi connectivity index (χ4v) is 2.85. The number of aromatic nitrogens is 4. The molecular formula is C22H27N5O3. The first kappa shape index (κ1) is 21.3. The third-order valence-electron chi connectivity index (χ3n) is 4.34. The van der Waals surface area contributed by atoms with Crippen LogP contribution in [0, 0.1) is 13.8 Å². The van der Waals surface area contributed by atoms with Gasteiger partial charge in [-0.15, -0.1) is 0 Å². The van der Waals surface area contributed by atoms with E-state index >= 15 is 0 Å². The zero-order chi connectivity index (χ0) is 21.9. The highest BCUT2D eigenvalue weighted by Crippen LogP contribution is 2.27. The van der Waals surface area contributed by atoms with Crippen LogP contribution in [0.3, 0.4) is 0 Å². The van der Waals surface area contributed by atoms with Crippen molar-refractivity contribution in [1.82, 2.24) is 19.7 Å². The molecule has 1 amide bonds. The predicted octanol–water partition coefficient (Wildman–Crippen LogP) is 3.60. The van der Waals surface area contributed by atoms with Crippen molar-refractivity contribution < 1.29 is 14.3 Å². The maximum Gasteiger partial charge on any atom is 0.262 e. The molecule has 0 aliphatic carbocycles. The van der Waals surface area contributed by atoms with Crippen LogP contribution in [-0.4, -0.2) is 39.4 Å². The van der Waals surface area contributed by atoms with E-state index < -0.39 is 0 Å². The van der Waals surface area contributed by atoms with Gasteiger partial charge in [-0.1, -0.05) is 32.9 Å². The molecule has 1 N–H and O–H groups in total. The Bertz CT molecular complexity index is 1030. The second kappa shape index (κ2) is 8.52. The molecule has 8 nitrogen and oxygen atoms in total. The lowest BCUT2D eigenvalue weighted by Gasteiger charge is -2.13. The van der Waals surface area contributed by atoms with Crippen LogP contribution in [-0.2, 0) is 10.2 Å². The molecule has 0 saturated carbocycles. The van der Waals surface area contributed by atoms with Gasteiger partial charge in [0.05, 0.1) is 18.5 Å². The number of rotatable bonds is 6. The van der Waals surface area contributed by atoms with Gasteiger partial charge in [-0.25, -0.2) is 9.97 Å². The summed E-state index contributed by atoms with van der Waals surface area (Å²) in [6, 6.07) is 10.9. The van der Waals surface area contributed by atoms with Crippen molar-refractivity contribution >= 4 is 11.6 Å². The maximum atomic E-state index is 12.5. The Labute approximate surface area is 176 Å². The minimum absolute atomic E-state index is 0.196. The molecule has 0 atom stereocenters. The van der Waals surface area contributed by atoms with Crippen LogP contribution in [0.25, 0.3) is 5.95 Å².